The normalized spacial score (nSPS) is 18.1. The van der Waals surface area contributed by atoms with E-state index in [0.717, 1.165) is 48.2 Å². The lowest BCUT2D eigenvalue weighted by atomic mass is 9.89. The zero-order valence-corrected chi connectivity index (χ0v) is 21.3. The van der Waals surface area contributed by atoms with Crippen LogP contribution < -0.4 is 9.64 Å². The molecular formula is C28H31F3N4O2. The number of rotatable bonds is 4. The first-order valence-corrected chi connectivity index (χ1v) is 12.6. The molecule has 37 heavy (non-hydrogen) atoms. The molecule has 0 saturated carbocycles. The molecule has 1 fully saturated rings. The van der Waals surface area contributed by atoms with Gasteiger partial charge in [0.05, 0.1) is 12.7 Å². The van der Waals surface area contributed by atoms with Crippen LogP contribution in [0.15, 0.2) is 42.6 Å². The van der Waals surface area contributed by atoms with Crippen molar-refractivity contribution in [2.75, 3.05) is 38.2 Å². The predicted octanol–water partition coefficient (Wildman–Crippen LogP) is 5.22. The maximum absolute atomic E-state index is 13.2. The molecule has 1 aromatic heterocycles. The molecule has 5 rings (SSSR count). The lowest BCUT2D eigenvalue weighted by Crippen LogP contribution is -2.49. The summed E-state index contributed by atoms with van der Waals surface area (Å²) in [7, 11) is 1.69. The Morgan fingerprint density at radius 2 is 1.76 bits per heavy atom. The van der Waals surface area contributed by atoms with Crippen LogP contribution >= 0.6 is 0 Å². The summed E-state index contributed by atoms with van der Waals surface area (Å²) in [5, 5.41) is 0. The standard InChI is InChI=1S/C28H31F3N4O2/c1-18-13-21(14-19(2)26(18)37-3)20-7-8-25-32-24(17-35(25)16-20)27(36)34-11-9-33(10-12-34)23-6-4-5-22(15-23)28(29,30)31/h4-6,13-15,17,20H,7-12,16H2,1-3H3/t20-/m0/s1. The fraction of sp³-hybridized carbons (Fsp3) is 0.429. The van der Waals surface area contributed by atoms with Gasteiger partial charge in [0.1, 0.15) is 17.3 Å². The number of imidazole rings is 1. The van der Waals surface area contributed by atoms with E-state index in [9.17, 15) is 18.0 Å². The third kappa shape index (κ3) is 5.04. The van der Waals surface area contributed by atoms with Gasteiger partial charge >= 0.3 is 6.18 Å². The number of nitrogens with zero attached hydrogens (tertiary/aromatic N) is 4. The van der Waals surface area contributed by atoms with Crippen molar-refractivity contribution in [3.63, 3.8) is 0 Å². The fourth-order valence-corrected chi connectivity index (χ4v) is 5.57. The SMILES string of the molecule is COc1c(C)cc([C@H]2CCc3nc(C(=O)N4CCN(c5cccc(C(F)(F)F)c5)CC4)cn3C2)cc1C. The van der Waals surface area contributed by atoms with Crippen molar-refractivity contribution in [1.82, 2.24) is 14.5 Å². The molecule has 2 aliphatic rings. The number of hydrogen-bond acceptors (Lipinski definition) is 4. The van der Waals surface area contributed by atoms with Crippen molar-refractivity contribution < 1.29 is 22.7 Å². The van der Waals surface area contributed by atoms with Gasteiger partial charge in [0.15, 0.2) is 0 Å². The highest BCUT2D eigenvalue weighted by Gasteiger charge is 2.32. The van der Waals surface area contributed by atoms with Crippen LogP contribution in [0.5, 0.6) is 5.75 Å². The number of piperazine rings is 1. The molecule has 2 aromatic carbocycles. The summed E-state index contributed by atoms with van der Waals surface area (Å²) >= 11 is 0. The van der Waals surface area contributed by atoms with Crippen LogP contribution in [0.3, 0.4) is 0 Å². The number of ether oxygens (including phenoxy) is 1. The first-order valence-electron chi connectivity index (χ1n) is 12.6. The van der Waals surface area contributed by atoms with E-state index in [4.69, 9.17) is 4.74 Å². The number of aryl methyl sites for hydroxylation is 3. The van der Waals surface area contributed by atoms with Crippen molar-refractivity contribution in [3.05, 3.63) is 76.4 Å². The van der Waals surface area contributed by atoms with Crippen LogP contribution in [0, 0.1) is 13.8 Å². The molecule has 9 heteroatoms. The van der Waals surface area contributed by atoms with Gasteiger partial charge in [-0.1, -0.05) is 18.2 Å². The van der Waals surface area contributed by atoms with Gasteiger partial charge in [-0.05, 0) is 55.2 Å². The van der Waals surface area contributed by atoms with E-state index in [2.05, 4.69) is 35.5 Å². The Hall–Kier alpha value is -3.49. The smallest absolute Gasteiger partial charge is 0.416 e. The van der Waals surface area contributed by atoms with E-state index >= 15 is 0 Å². The number of halogens is 3. The number of carbonyl (C=O) groups is 1. The average Bonchev–Trinajstić information content (AvgIpc) is 3.31. The first kappa shape index (κ1) is 25.2. The maximum atomic E-state index is 13.2. The van der Waals surface area contributed by atoms with Crippen LogP contribution in [0.1, 0.15) is 50.9 Å². The Morgan fingerprint density at radius 3 is 2.41 bits per heavy atom. The van der Waals surface area contributed by atoms with Gasteiger partial charge in [-0.25, -0.2) is 4.98 Å². The van der Waals surface area contributed by atoms with E-state index in [1.54, 1.807) is 18.1 Å². The van der Waals surface area contributed by atoms with E-state index in [-0.39, 0.29) is 5.91 Å². The van der Waals surface area contributed by atoms with Crippen LogP contribution in [-0.4, -0.2) is 53.6 Å². The highest BCUT2D eigenvalue weighted by Crippen LogP contribution is 2.34. The summed E-state index contributed by atoms with van der Waals surface area (Å²) in [5.41, 5.74) is 3.81. The lowest BCUT2D eigenvalue weighted by Gasteiger charge is -2.36. The van der Waals surface area contributed by atoms with Gasteiger partial charge in [0.2, 0.25) is 0 Å². The molecule has 3 aromatic rings. The highest BCUT2D eigenvalue weighted by atomic mass is 19.4. The molecule has 0 spiro atoms. The minimum atomic E-state index is -4.38. The summed E-state index contributed by atoms with van der Waals surface area (Å²) in [6.07, 6.45) is -0.763. The number of amides is 1. The maximum Gasteiger partial charge on any atom is 0.416 e. The van der Waals surface area contributed by atoms with Crippen LogP contribution in [0.4, 0.5) is 18.9 Å². The van der Waals surface area contributed by atoms with Crippen molar-refractivity contribution in [3.8, 4) is 5.75 Å². The number of hydrogen-bond donors (Lipinski definition) is 0. The molecule has 196 valence electrons. The third-order valence-electron chi connectivity index (χ3n) is 7.48. The molecule has 0 bridgehead atoms. The summed E-state index contributed by atoms with van der Waals surface area (Å²) < 4.78 is 46.9. The number of carbonyl (C=O) groups excluding carboxylic acids is 1. The van der Waals surface area contributed by atoms with Crippen molar-refractivity contribution >= 4 is 11.6 Å². The van der Waals surface area contributed by atoms with E-state index in [1.807, 2.05) is 11.1 Å². The topological polar surface area (TPSA) is 50.6 Å². The number of benzene rings is 2. The van der Waals surface area contributed by atoms with E-state index < -0.39 is 11.7 Å². The highest BCUT2D eigenvalue weighted by molar-refractivity contribution is 5.92. The van der Waals surface area contributed by atoms with E-state index in [0.29, 0.717) is 43.5 Å². The molecule has 3 heterocycles. The van der Waals surface area contributed by atoms with Gasteiger partial charge < -0.3 is 19.1 Å². The number of anilines is 1. The lowest BCUT2D eigenvalue weighted by molar-refractivity contribution is -0.137. The molecule has 2 aliphatic heterocycles. The number of fused-ring (bicyclic) bond motifs is 1. The molecule has 0 N–H and O–H groups in total. The Balaban J connectivity index is 1.24. The second kappa shape index (κ2) is 9.76. The molecule has 1 atom stereocenters. The molecule has 6 nitrogen and oxygen atoms in total. The summed E-state index contributed by atoms with van der Waals surface area (Å²) in [6, 6.07) is 9.72. The second-order valence-corrected chi connectivity index (χ2v) is 9.95. The quantitative estimate of drug-likeness (QED) is 0.481. The minimum Gasteiger partial charge on any atom is -0.496 e. The van der Waals surface area contributed by atoms with Crippen LogP contribution in [-0.2, 0) is 19.1 Å². The van der Waals surface area contributed by atoms with Gasteiger partial charge in [0, 0.05) is 56.9 Å². The van der Waals surface area contributed by atoms with Crippen LogP contribution in [0.2, 0.25) is 0 Å². The monoisotopic (exact) mass is 512 g/mol. The number of methoxy groups -OCH3 is 1. The molecule has 0 unspecified atom stereocenters. The zero-order chi connectivity index (χ0) is 26.3. The summed E-state index contributed by atoms with van der Waals surface area (Å²) in [6.45, 7) is 6.70. The van der Waals surface area contributed by atoms with Crippen molar-refractivity contribution in [2.24, 2.45) is 0 Å². The Kier molecular flexibility index (Phi) is 6.64. The van der Waals surface area contributed by atoms with Gasteiger partial charge in [0.25, 0.3) is 5.91 Å². The Morgan fingerprint density at radius 1 is 1.05 bits per heavy atom. The van der Waals surface area contributed by atoms with Gasteiger partial charge in [-0.2, -0.15) is 13.2 Å². The second-order valence-electron chi connectivity index (χ2n) is 9.95. The molecule has 1 amide bonds. The van der Waals surface area contributed by atoms with E-state index in [1.165, 1.54) is 17.7 Å². The molecule has 0 radical (unpaired) electrons. The predicted molar refractivity (Wildman–Crippen MR) is 135 cm³/mol. The third-order valence-corrected chi connectivity index (χ3v) is 7.48. The molecule has 1 saturated heterocycles. The number of aromatic nitrogens is 2. The summed E-state index contributed by atoms with van der Waals surface area (Å²) in [5.74, 6) is 2.05. The summed E-state index contributed by atoms with van der Waals surface area (Å²) in [4.78, 5) is 21.5. The van der Waals surface area contributed by atoms with Gasteiger partial charge in [-0.15, -0.1) is 0 Å². The Labute approximate surface area is 214 Å². The fourth-order valence-electron chi connectivity index (χ4n) is 5.57. The Bertz CT molecular complexity index is 1290. The molecular weight excluding hydrogens is 481 g/mol. The first-order chi connectivity index (χ1) is 17.6. The largest absolute Gasteiger partial charge is 0.496 e. The van der Waals surface area contributed by atoms with Gasteiger partial charge in [-0.3, -0.25) is 4.79 Å². The van der Waals surface area contributed by atoms with Crippen molar-refractivity contribution in [1.29, 1.82) is 0 Å². The zero-order valence-electron chi connectivity index (χ0n) is 21.3. The number of alkyl halides is 3. The van der Waals surface area contributed by atoms with Crippen LogP contribution in [0.25, 0.3) is 0 Å². The average molecular weight is 513 g/mol. The van der Waals surface area contributed by atoms with Crippen molar-refractivity contribution in [2.45, 2.75) is 45.3 Å². The minimum absolute atomic E-state index is 0.127. The molecule has 0 aliphatic carbocycles.